The van der Waals surface area contributed by atoms with E-state index in [-0.39, 0.29) is 40.8 Å². The first kappa shape index (κ1) is 23.8. The van der Waals surface area contributed by atoms with Crippen molar-refractivity contribution in [3.8, 4) is 0 Å². The summed E-state index contributed by atoms with van der Waals surface area (Å²) >= 11 is 0. The fraction of sp³-hybridized carbons (Fsp3) is 0.692. The van der Waals surface area contributed by atoms with Crippen molar-refractivity contribution in [2.24, 2.45) is 41.4 Å². The second-order valence-corrected chi connectivity index (χ2v) is 10.4. The average Bonchev–Trinajstić information content (AvgIpc) is 2.93. The van der Waals surface area contributed by atoms with Gasteiger partial charge in [-0.3, -0.25) is 9.59 Å². The van der Waals surface area contributed by atoms with Crippen molar-refractivity contribution >= 4 is 11.7 Å². The normalized spacial score (nSPS) is 39.3. The first-order valence-electron chi connectivity index (χ1n) is 11.8. The first-order chi connectivity index (χ1) is 14.5. The van der Waals surface area contributed by atoms with Crippen LogP contribution >= 0.6 is 0 Å². The maximum Gasteiger partial charge on any atom is 0.261 e. The van der Waals surface area contributed by atoms with Crippen molar-refractivity contribution in [2.75, 3.05) is 7.05 Å². The van der Waals surface area contributed by atoms with Crippen LogP contribution in [0, 0.1) is 41.4 Å². The number of hydrogen-bond acceptors (Lipinski definition) is 4. The summed E-state index contributed by atoms with van der Waals surface area (Å²) in [5.41, 5.74) is 0.559. The number of allylic oxidation sites excluding steroid dienone is 3. The minimum absolute atomic E-state index is 0.0171. The van der Waals surface area contributed by atoms with Gasteiger partial charge in [0.1, 0.15) is 11.3 Å². The molecule has 3 rings (SSSR count). The molecular formula is C26H39NO4. The minimum Gasteiger partial charge on any atom is -0.511 e. The van der Waals surface area contributed by atoms with Gasteiger partial charge in [0.2, 0.25) is 0 Å². The van der Waals surface area contributed by atoms with Crippen molar-refractivity contribution in [2.45, 2.75) is 66.0 Å². The fourth-order valence-electron chi connectivity index (χ4n) is 6.36. The van der Waals surface area contributed by atoms with Crippen LogP contribution < -0.4 is 0 Å². The molecule has 0 radical (unpaired) electrons. The van der Waals surface area contributed by atoms with Crippen LogP contribution in [-0.2, 0) is 9.59 Å². The number of likely N-dealkylation sites (tertiary alicyclic amines) is 1. The van der Waals surface area contributed by atoms with Crippen molar-refractivity contribution in [3.05, 3.63) is 35.6 Å². The van der Waals surface area contributed by atoms with Gasteiger partial charge in [-0.1, -0.05) is 52.8 Å². The summed E-state index contributed by atoms with van der Waals surface area (Å²) in [5, 5.41) is 21.8. The lowest BCUT2D eigenvalue weighted by atomic mass is 9.57. The number of carbonyl (C=O) groups excluding carboxylic acids is 2. The van der Waals surface area contributed by atoms with E-state index in [0.717, 1.165) is 19.3 Å². The number of aliphatic hydroxyl groups is 2. The molecule has 1 aliphatic heterocycles. The molecule has 0 unspecified atom stereocenters. The predicted octanol–water partition coefficient (Wildman–Crippen LogP) is 4.29. The molecular weight excluding hydrogens is 390 g/mol. The zero-order chi connectivity index (χ0) is 23.2. The number of Topliss-reactive ketones (excluding diaryl/α,β-unsaturated/α-hetero) is 1. The van der Waals surface area contributed by atoms with Gasteiger partial charge in [-0.05, 0) is 54.9 Å². The van der Waals surface area contributed by atoms with Gasteiger partial charge in [-0.25, -0.2) is 0 Å². The van der Waals surface area contributed by atoms with E-state index in [1.807, 2.05) is 19.9 Å². The molecule has 31 heavy (non-hydrogen) atoms. The SMILES string of the molecule is C=C([C@H](C)O)[C@H]1C=C[C@H]2C[C@@H](C)C[C@@H](C)[C@H]2[C@@H]1/C(O)=C1\C(=O)[C@H]([C@@H](C)CC)N(C)C1=O. The quantitative estimate of drug-likeness (QED) is 0.296. The molecule has 0 aromatic heterocycles. The van der Waals surface area contributed by atoms with Crippen LogP contribution in [0.3, 0.4) is 0 Å². The molecule has 0 spiro atoms. The van der Waals surface area contributed by atoms with Gasteiger partial charge in [0, 0.05) is 18.9 Å². The van der Waals surface area contributed by atoms with E-state index >= 15 is 0 Å². The third-order valence-electron chi connectivity index (χ3n) is 8.15. The molecule has 2 aliphatic carbocycles. The fourth-order valence-corrected chi connectivity index (χ4v) is 6.36. The van der Waals surface area contributed by atoms with Crippen molar-refractivity contribution in [1.29, 1.82) is 0 Å². The highest BCUT2D eigenvalue weighted by Gasteiger charge is 2.51. The summed E-state index contributed by atoms with van der Waals surface area (Å²) < 4.78 is 0. The Labute approximate surface area is 186 Å². The Morgan fingerprint density at radius 3 is 2.45 bits per heavy atom. The van der Waals surface area contributed by atoms with Gasteiger partial charge in [0.05, 0.1) is 12.1 Å². The van der Waals surface area contributed by atoms with Crippen LogP contribution in [0.1, 0.15) is 53.9 Å². The molecule has 2 fully saturated rings. The van der Waals surface area contributed by atoms with Gasteiger partial charge in [0.25, 0.3) is 5.91 Å². The molecule has 1 amide bonds. The smallest absolute Gasteiger partial charge is 0.261 e. The van der Waals surface area contributed by atoms with Crippen LogP contribution in [-0.4, -0.2) is 46.0 Å². The molecule has 5 heteroatoms. The number of nitrogens with zero attached hydrogens (tertiary/aromatic N) is 1. The number of rotatable bonds is 5. The number of hydrogen-bond donors (Lipinski definition) is 2. The number of likely N-dealkylation sites (N-methyl/N-ethyl adjacent to an activating group) is 1. The lowest BCUT2D eigenvalue weighted by Gasteiger charge is -2.48. The lowest BCUT2D eigenvalue weighted by molar-refractivity contribution is -0.126. The zero-order valence-corrected chi connectivity index (χ0v) is 19.8. The van der Waals surface area contributed by atoms with Crippen molar-refractivity contribution in [1.82, 2.24) is 4.90 Å². The van der Waals surface area contributed by atoms with Crippen LogP contribution in [0.4, 0.5) is 0 Å². The van der Waals surface area contributed by atoms with Gasteiger partial charge in [-0.15, -0.1) is 0 Å². The summed E-state index contributed by atoms with van der Waals surface area (Å²) in [6.45, 7) is 14.2. The van der Waals surface area contributed by atoms with Gasteiger partial charge >= 0.3 is 0 Å². The van der Waals surface area contributed by atoms with Crippen LogP contribution in [0.5, 0.6) is 0 Å². The number of amides is 1. The van der Waals surface area contributed by atoms with E-state index in [4.69, 9.17) is 0 Å². The Hall–Kier alpha value is -1.88. The van der Waals surface area contributed by atoms with Crippen LogP contribution in [0.15, 0.2) is 35.6 Å². The van der Waals surface area contributed by atoms with Crippen LogP contribution in [0.25, 0.3) is 0 Å². The molecule has 172 valence electrons. The summed E-state index contributed by atoms with van der Waals surface area (Å²) in [4.78, 5) is 28.0. The third kappa shape index (κ3) is 4.02. The number of aliphatic hydroxyl groups excluding tert-OH is 2. The summed E-state index contributed by atoms with van der Waals surface area (Å²) in [7, 11) is 1.65. The molecule has 3 aliphatic rings. The first-order valence-corrected chi connectivity index (χ1v) is 11.8. The third-order valence-corrected chi connectivity index (χ3v) is 8.15. The van der Waals surface area contributed by atoms with E-state index in [1.54, 1.807) is 14.0 Å². The van der Waals surface area contributed by atoms with Gasteiger partial charge in [0.15, 0.2) is 5.78 Å². The zero-order valence-electron chi connectivity index (χ0n) is 19.8. The second-order valence-electron chi connectivity index (χ2n) is 10.4. The molecule has 0 aromatic rings. The van der Waals surface area contributed by atoms with Crippen LogP contribution in [0.2, 0.25) is 0 Å². The molecule has 0 bridgehead atoms. The van der Waals surface area contributed by atoms with E-state index in [1.165, 1.54) is 4.90 Å². The molecule has 5 nitrogen and oxygen atoms in total. The topological polar surface area (TPSA) is 77.8 Å². The van der Waals surface area contributed by atoms with Crippen molar-refractivity contribution in [3.63, 3.8) is 0 Å². The second kappa shape index (κ2) is 8.93. The van der Waals surface area contributed by atoms with Gasteiger partial charge in [-0.2, -0.15) is 0 Å². The summed E-state index contributed by atoms with van der Waals surface area (Å²) in [6.07, 6.45) is 6.33. The maximum absolute atomic E-state index is 13.3. The van der Waals surface area contributed by atoms with E-state index in [9.17, 15) is 19.8 Å². The highest BCUT2D eigenvalue weighted by molar-refractivity contribution is 6.26. The summed E-state index contributed by atoms with van der Waals surface area (Å²) in [5.74, 6) is -0.190. The predicted molar refractivity (Wildman–Crippen MR) is 122 cm³/mol. The Morgan fingerprint density at radius 2 is 1.87 bits per heavy atom. The Balaban J connectivity index is 2.13. The molecule has 9 atom stereocenters. The van der Waals surface area contributed by atoms with E-state index in [0.29, 0.717) is 17.4 Å². The standard InChI is InChI=1S/C26H39NO4/c1-8-14(3)23-25(30)22(26(31)27(23)7)24(29)21-19(16(5)17(6)28)10-9-18-12-13(2)11-15(4)20(18)21/h9-10,13-15,17-21,23,28-29H,5,8,11-12H2,1-4,6-7H3/b24-22-/t13-,14-,15+,17-,18-,19+,20+,21+,23-/m0/s1. The largest absolute Gasteiger partial charge is 0.511 e. The monoisotopic (exact) mass is 429 g/mol. The molecule has 2 N–H and O–H groups in total. The number of carbonyl (C=O) groups is 2. The molecule has 1 saturated carbocycles. The maximum atomic E-state index is 13.3. The van der Waals surface area contributed by atoms with Crippen molar-refractivity contribution < 1.29 is 19.8 Å². The molecule has 1 saturated heterocycles. The number of ketones is 1. The number of fused-ring (bicyclic) bond motifs is 1. The Morgan fingerprint density at radius 1 is 1.23 bits per heavy atom. The Kier molecular flexibility index (Phi) is 6.85. The highest BCUT2D eigenvalue weighted by Crippen LogP contribution is 2.52. The minimum atomic E-state index is -0.741. The van der Waals surface area contributed by atoms with E-state index in [2.05, 4.69) is 26.5 Å². The van der Waals surface area contributed by atoms with E-state index < -0.39 is 24.0 Å². The average molecular weight is 430 g/mol. The highest BCUT2D eigenvalue weighted by atomic mass is 16.3. The molecule has 0 aromatic carbocycles. The lowest BCUT2D eigenvalue weighted by Crippen LogP contribution is -2.43. The summed E-state index contributed by atoms with van der Waals surface area (Å²) in [6, 6.07) is -0.535. The molecule has 1 heterocycles. The van der Waals surface area contributed by atoms with Gasteiger partial charge < -0.3 is 15.1 Å². The Bertz CT molecular complexity index is 810.